The van der Waals surface area contributed by atoms with Gasteiger partial charge in [-0.2, -0.15) is 0 Å². The highest BCUT2D eigenvalue weighted by atomic mass is 16.4. The highest BCUT2D eigenvalue weighted by Gasteiger charge is 2.23. The summed E-state index contributed by atoms with van der Waals surface area (Å²) in [5.74, 6) is 0.893. The summed E-state index contributed by atoms with van der Waals surface area (Å²) in [6.07, 6.45) is 4.33. The third kappa shape index (κ3) is 2.95. The minimum Gasteiger partial charge on any atom is -0.460 e. The van der Waals surface area contributed by atoms with E-state index < -0.39 is 5.63 Å². The molecule has 3 aromatic rings. The molecule has 5 nitrogen and oxygen atoms in total. The van der Waals surface area contributed by atoms with Crippen LogP contribution in [0, 0.1) is 13.8 Å². The number of aryl methyl sites for hydroxylation is 4. The van der Waals surface area contributed by atoms with Crippen LogP contribution in [0.1, 0.15) is 54.7 Å². The molecule has 0 spiro atoms. The van der Waals surface area contributed by atoms with Crippen LogP contribution in [0.5, 0.6) is 0 Å². The molecule has 142 valence electrons. The lowest BCUT2D eigenvalue weighted by Gasteiger charge is -2.12. The van der Waals surface area contributed by atoms with Gasteiger partial charge in [0.2, 0.25) is 5.91 Å². The van der Waals surface area contributed by atoms with Gasteiger partial charge in [0.1, 0.15) is 16.9 Å². The van der Waals surface area contributed by atoms with E-state index in [-0.39, 0.29) is 18.4 Å². The summed E-state index contributed by atoms with van der Waals surface area (Å²) in [6.45, 7) is 7.63. The number of fused-ring (bicyclic) bond motifs is 4. The number of rotatable bonds is 3. The number of carbonyl (C=O) groups excluding carboxylic acids is 1. The zero-order chi connectivity index (χ0) is 19.3. The number of hydrogen-bond acceptors (Lipinski definition) is 4. The zero-order valence-corrected chi connectivity index (χ0v) is 16.3. The van der Waals surface area contributed by atoms with Gasteiger partial charge in [0.25, 0.3) is 0 Å². The molecule has 1 amide bonds. The number of benzene rings is 1. The van der Waals surface area contributed by atoms with Crippen molar-refractivity contribution in [2.75, 3.05) is 0 Å². The predicted molar refractivity (Wildman–Crippen MR) is 105 cm³/mol. The van der Waals surface area contributed by atoms with Crippen LogP contribution in [0.3, 0.4) is 0 Å². The summed E-state index contributed by atoms with van der Waals surface area (Å²) in [6, 6.07) is 2.11. The van der Waals surface area contributed by atoms with Crippen molar-refractivity contribution in [1.82, 2.24) is 5.32 Å². The van der Waals surface area contributed by atoms with Gasteiger partial charge < -0.3 is 14.2 Å². The van der Waals surface area contributed by atoms with Gasteiger partial charge in [-0.15, -0.1) is 0 Å². The first-order chi connectivity index (χ1) is 12.9. The molecule has 27 heavy (non-hydrogen) atoms. The smallest absolute Gasteiger partial charge is 0.340 e. The van der Waals surface area contributed by atoms with E-state index in [0.29, 0.717) is 11.1 Å². The maximum Gasteiger partial charge on any atom is 0.340 e. The Labute approximate surface area is 157 Å². The molecule has 0 unspecified atom stereocenters. The summed E-state index contributed by atoms with van der Waals surface area (Å²) >= 11 is 0. The predicted octanol–water partition coefficient (Wildman–Crippen LogP) is 4.10. The van der Waals surface area contributed by atoms with E-state index in [1.54, 1.807) is 0 Å². The Bertz CT molecular complexity index is 1120. The van der Waals surface area contributed by atoms with Crippen molar-refractivity contribution in [3.8, 4) is 0 Å². The van der Waals surface area contributed by atoms with Crippen LogP contribution in [-0.2, 0) is 24.1 Å². The average Bonchev–Trinajstić information content (AvgIpc) is 2.98. The SMILES string of the molecule is Cc1c(CC(=O)NC(C)C)c(=O)oc2c(C)c3oc4c(c3cc12)CCCC4. The van der Waals surface area contributed by atoms with E-state index in [4.69, 9.17) is 8.83 Å². The Morgan fingerprint density at radius 2 is 1.78 bits per heavy atom. The molecule has 0 saturated carbocycles. The summed E-state index contributed by atoms with van der Waals surface area (Å²) in [7, 11) is 0. The van der Waals surface area contributed by atoms with Crippen molar-refractivity contribution in [3.05, 3.63) is 44.5 Å². The molecule has 0 aliphatic heterocycles. The molecule has 1 aliphatic carbocycles. The molecular formula is C22H25NO4. The van der Waals surface area contributed by atoms with Crippen LogP contribution in [0.15, 0.2) is 19.7 Å². The minimum absolute atomic E-state index is 0.0306. The van der Waals surface area contributed by atoms with Crippen molar-refractivity contribution < 1.29 is 13.6 Å². The van der Waals surface area contributed by atoms with E-state index in [1.807, 2.05) is 27.7 Å². The zero-order valence-electron chi connectivity index (χ0n) is 16.3. The Kier molecular flexibility index (Phi) is 4.33. The Morgan fingerprint density at radius 3 is 2.52 bits per heavy atom. The van der Waals surface area contributed by atoms with Gasteiger partial charge in [0.15, 0.2) is 0 Å². The minimum atomic E-state index is -0.447. The van der Waals surface area contributed by atoms with E-state index in [9.17, 15) is 9.59 Å². The maximum absolute atomic E-state index is 12.6. The molecule has 2 aromatic heterocycles. The first-order valence-corrected chi connectivity index (χ1v) is 9.66. The number of furan rings is 1. The van der Waals surface area contributed by atoms with Gasteiger partial charge in [-0.1, -0.05) is 0 Å². The van der Waals surface area contributed by atoms with Crippen molar-refractivity contribution in [1.29, 1.82) is 0 Å². The maximum atomic E-state index is 12.6. The molecule has 0 atom stereocenters. The van der Waals surface area contributed by atoms with Gasteiger partial charge in [-0.3, -0.25) is 4.79 Å². The Morgan fingerprint density at radius 1 is 1.07 bits per heavy atom. The lowest BCUT2D eigenvalue weighted by atomic mass is 9.93. The topological polar surface area (TPSA) is 72.5 Å². The van der Waals surface area contributed by atoms with Crippen LogP contribution in [0.2, 0.25) is 0 Å². The number of amides is 1. The third-order valence-corrected chi connectivity index (χ3v) is 5.51. The number of nitrogens with one attached hydrogen (secondary N) is 1. The van der Waals surface area contributed by atoms with Gasteiger partial charge >= 0.3 is 5.63 Å². The van der Waals surface area contributed by atoms with Crippen LogP contribution in [-0.4, -0.2) is 11.9 Å². The Balaban J connectivity index is 1.92. The largest absolute Gasteiger partial charge is 0.460 e. The summed E-state index contributed by atoms with van der Waals surface area (Å²) in [5, 5.41) is 4.84. The molecule has 1 aliphatic rings. The average molecular weight is 367 g/mol. The Hall–Kier alpha value is -2.56. The summed E-state index contributed by atoms with van der Waals surface area (Å²) in [4.78, 5) is 24.8. The molecule has 0 fully saturated rings. The van der Waals surface area contributed by atoms with Gasteiger partial charge in [-0.05, 0) is 58.6 Å². The highest BCUT2D eigenvalue weighted by Crippen LogP contribution is 2.37. The molecule has 5 heteroatoms. The van der Waals surface area contributed by atoms with E-state index in [1.165, 1.54) is 12.0 Å². The normalized spacial score (nSPS) is 14.1. The molecule has 0 radical (unpaired) electrons. The molecule has 1 aromatic carbocycles. The van der Waals surface area contributed by atoms with Crippen LogP contribution < -0.4 is 10.9 Å². The number of hydrogen-bond donors (Lipinski definition) is 1. The molecule has 0 saturated heterocycles. The molecule has 1 N–H and O–H groups in total. The summed E-state index contributed by atoms with van der Waals surface area (Å²) < 4.78 is 11.8. The molecule has 0 bridgehead atoms. The fraction of sp³-hybridized carbons (Fsp3) is 0.455. The monoisotopic (exact) mass is 367 g/mol. The highest BCUT2D eigenvalue weighted by molar-refractivity contribution is 6.00. The van der Waals surface area contributed by atoms with Gasteiger partial charge in [0.05, 0.1) is 12.0 Å². The molecule has 4 rings (SSSR count). The van der Waals surface area contributed by atoms with Crippen molar-refractivity contribution in [2.24, 2.45) is 0 Å². The van der Waals surface area contributed by atoms with Gasteiger partial charge in [0, 0.05) is 34.4 Å². The second-order valence-corrected chi connectivity index (χ2v) is 7.86. The quantitative estimate of drug-likeness (QED) is 0.707. The van der Waals surface area contributed by atoms with Crippen molar-refractivity contribution in [3.63, 3.8) is 0 Å². The standard InChI is InChI=1S/C22H25NO4/c1-11(2)23-19(24)10-16-12(3)15-9-17-14-7-5-6-8-18(14)26-21(17)13(4)20(15)27-22(16)25/h9,11H,5-8,10H2,1-4H3,(H,23,24). The van der Waals surface area contributed by atoms with E-state index >= 15 is 0 Å². The lowest BCUT2D eigenvalue weighted by Crippen LogP contribution is -2.33. The first kappa shape index (κ1) is 17.8. The van der Waals surface area contributed by atoms with Crippen LogP contribution >= 0.6 is 0 Å². The molecule has 2 heterocycles. The third-order valence-electron chi connectivity index (χ3n) is 5.51. The fourth-order valence-electron chi connectivity index (χ4n) is 4.15. The lowest BCUT2D eigenvalue weighted by molar-refractivity contribution is -0.120. The van der Waals surface area contributed by atoms with Crippen molar-refractivity contribution in [2.45, 2.75) is 65.8 Å². The molecular weight excluding hydrogens is 342 g/mol. The first-order valence-electron chi connectivity index (χ1n) is 9.66. The van der Waals surface area contributed by atoms with Crippen molar-refractivity contribution >= 4 is 27.8 Å². The van der Waals surface area contributed by atoms with E-state index in [0.717, 1.165) is 52.5 Å². The van der Waals surface area contributed by atoms with Crippen LogP contribution in [0.25, 0.3) is 21.9 Å². The van der Waals surface area contributed by atoms with Gasteiger partial charge in [-0.25, -0.2) is 4.79 Å². The fourth-order valence-corrected chi connectivity index (χ4v) is 4.15. The second-order valence-electron chi connectivity index (χ2n) is 7.86. The van der Waals surface area contributed by atoms with E-state index in [2.05, 4.69) is 11.4 Å². The number of carbonyl (C=O) groups is 1. The van der Waals surface area contributed by atoms with Crippen LogP contribution in [0.4, 0.5) is 0 Å². The summed E-state index contributed by atoms with van der Waals surface area (Å²) in [5.41, 5.74) is 4.32. The second kappa shape index (κ2) is 6.55.